The second kappa shape index (κ2) is 5.95. The Hall–Kier alpha value is -1.72. The quantitative estimate of drug-likeness (QED) is 0.788. The van der Waals surface area contributed by atoms with Crippen LogP contribution in [0, 0.1) is 0 Å². The van der Waals surface area contributed by atoms with Crippen molar-refractivity contribution in [3.05, 3.63) is 52.5 Å². The largest absolute Gasteiger partial charge is 0.327 e. The summed E-state index contributed by atoms with van der Waals surface area (Å²) in [6.45, 7) is 2.11. The van der Waals surface area contributed by atoms with Crippen molar-refractivity contribution in [2.24, 2.45) is 5.73 Å². The molecule has 0 aliphatic rings. The molecule has 0 spiro atoms. The molecule has 1 heterocycles. The van der Waals surface area contributed by atoms with E-state index in [-0.39, 0.29) is 6.04 Å². The van der Waals surface area contributed by atoms with Gasteiger partial charge < -0.3 is 5.73 Å². The van der Waals surface area contributed by atoms with Crippen molar-refractivity contribution >= 4 is 27.0 Å². The maximum Gasteiger partial charge on any atom is 0.113 e. The molecule has 0 saturated heterocycles. The van der Waals surface area contributed by atoms with Gasteiger partial charge in [-0.3, -0.25) is 0 Å². The lowest BCUT2D eigenvalue weighted by molar-refractivity contribution is 0.646. The summed E-state index contributed by atoms with van der Waals surface area (Å²) in [5.41, 5.74) is 10.1. The van der Waals surface area contributed by atoms with Gasteiger partial charge in [-0.05, 0) is 58.6 Å². The molecule has 4 nitrogen and oxygen atoms in total. The van der Waals surface area contributed by atoms with Gasteiger partial charge in [0.05, 0.1) is 11.2 Å². The van der Waals surface area contributed by atoms with E-state index in [1.807, 2.05) is 28.9 Å². The van der Waals surface area contributed by atoms with Gasteiger partial charge in [-0.15, -0.1) is 5.10 Å². The zero-order valence-corrected chi connectivity index (χ0v) is 13.4. The molecule has 0 bridgehead atoms. The van der Waals surface area contributed by atoms with Gasteiger partial charge in [-0.1, -0.05) is 30.3 Å². The summed E-state index contributed by atoms with van der Waals surface area (Å²) in [5, 5.41) is 8.44. The normalized spacial score (nSPS) is 12.7. The van der Waals surface area contributed by atoms with E-state index in [0.717, 1.165) is 34.0 Å². The fraction of sp³-hybridized carbons (Fsp3) is 0.250. The summed E-state index contributed by atoms with van der Waals surface area (Å²) >= 11 is 3.64. The lowest BCUT2D eigenvalue weighted by atomic mass is 10.0. The van der Waals surface area contributed by atoms with Crippen LogP contribution in [0.25, 0.3) is 16.7 Å². The molecular formula is C16H17BrN4. The molecule has 5 heteroatoms. The first-order valence-electron chi connectivity index (χ1n) is 7.04. The third kappa shape index (κ3) is 2.84. The van der Waals surface area contributed by atoms with Crippen LogP contribution in [0.5, 0.6) is 0 Å². The Labute approximate surface area is 132 Å². The van der Waals surface area contributed by atoms with E-state index in [1.165, 1.54) is 5.56 Å². The number of hydrogen-bond acceptors (Lipinski definition) is 3. The number of nitrogens with two attached hydrogens (primary N) is 1. The molecule has 0 saturated carbocycles. The first-order chi connectivity index (χ1) is 10.2. The van der Waals surface area contributed by atoms with Crippen molar-refractivity contribution in [3.63, 3.8) is 0 Å². The van der Waals surface area contributed by atoms with Crippen LogP contribution in [0.4, 0.5) is 0 Å². The maximum atomic E-state index is 6.02. The Morgan fingerprint density at radius 2 is 2.05 bits per heavy atom. The van der Waals surface area contributed by atoms with E-state index in [4.69, 9.17) is 5.73 Å². The first-order valence-corrected chi connectivity index (χ1v) is 7.83. The molecule has 0 aliphatic heterocycles. The first kappa shape index (κ1) is 14.2. The van der Waals surface area contributed by atoms with E-state index in [2.05, 4.69) is 51.4 Å². The van der Waals surface area contributed by atoms with Crippen molar-refractivity contribution in [3.8, 4) is 5.69 Å². The third-order valence-electron chi connectivity index (χ3n) is 3.61. The second-order valence-electron chi connectivity index (χ2n) is 5.15. The summed E-state index contributed by atoms with van der Waals surface area (Å²) in [5.74, 6) is 0. The van der Waals surface area contributed by atoms with Crippen molar-refractivity contribution in [2.75, 3.05) is 0 Å². The highest BCUT2D eigenvalue weighted by molar-refractivity contribution is 9.10. The summed E-state index contributed by atoms with van der Waals surface area (Å²) in [6.07, 6.45) is 1.86. The lowest BCUT2D eigenvalue weighted by Gasteiger charge is -2.11. The van der Waals surface area contributed by atoms with Crippen molar-refractivity contribution in [2.45, 2.75) is 25.8 Å². The van der Waals surface area contributed by atoms with Gasteiger partial charge in [0, 0.05) is 10.5 Å². The van der Waals surface area contributed by atoms with Crippen LogP contribution in [0.15, 0.2) is 46.9 Å². The van der Waals surface area contributed by atoms with Gasteiger partial charge in [0.1, 0.15) is 5.52 Å². The highest BCUT2D eigenvalue weighted by Crippen LogP contribution is 2.25. The smallest absolute Gasteiger partial charge is 0.113 e. The molecule has 2 aromatic carbocycles. The minimum Gasteiger partial charge on any atom is -0.327 e. The monoisotopic (exact) mass is 344 g/mol. The predicted molar refractivity (Wildman–Crippen MR) is 88.5 cm³/mol. The number of fused-ring (bicyclic) bond motifs is 1. The SMILES string of the molecule is CCC(N)Cc1ccc(-n2nnc3ccccc32)c(Br)c1. The van der Waals surface area contributed by atoms with Gasteiger partial charge in [0.25, 0.3) is 0 Å². The Kier molecular flexibility index (Phi) is 4.03. The zero-order valence-electron chi connectivity index (χ0n) is 11.8. The molecular weight excluding hydrogens is 328 g/mol. The maximum absolute atomic E-state index is 6.02. The van der Waals surface area contributed by atoms with Crippen LogP contribution in [-0.4, -0.2) is 21.0 Å². The minimum absolute atomic E-state index is 0.204. The fourth-order valence-corrected chi connectivity index (χ4v) is 2.94. The highest BCUT2D eigenvalue weighted by atomic mass is 79.9. The van der Waals surface area contributed by atoms with Crippen molar-refractivity contribution in [1.82, 2.24) is 15.0 Å². The van der Waals surface area contributed by atoms with Gasteiger partial charge in [-0.25, -0.2) is 4.68 Å². The van der Waals surface area contributed by atoms with Crippen LogP contribution in [0.2, 0.25) is 0 Å². The molecule has 3 aromatic rings. The standard InChI is InChI=1S/C16H17BrN4/c1-2-12(18)9-11-7-8-15(13(17)10-11)21-16-6-4-3-5-14(16)19-20-21/h3-8,10,12H,2,9,18H2,1H3. The van der Waals surface area contributed by atoms with Crippen molar-refractivity contribution in [1.29, 1.82) is 0 Å². The average molecular weight is 345 g/mol. The molecule has 108 valence electrons. The van der Waals surface area contributed by atoms with E-state index in [1.54, 1.807) is 0 Å². The molecule has 0 aliphatic carbocycles. The molecule has 0 fully saturated rings. The Bertz CT molecular complexity index is 766. The number of hydrogen-bond donors (Lipinski definition) is 1. The zero-order chi connectivity index (χ0) is 14.8. The van der Waals surface area contributed by atoms with Crippen LogP contribution in [0.3, 0.4) is 0 Å². The Morgan fingerprint density at radius 3 is 2.81 bits per heavy atom. The topological polar surface area (TPSA) is 56.7 Å². The summed E-state index contributed by atoms with van der Waals surface area (Å²) in [6, 6.07) is 14.4. The van der Waals surface area contributed by atoms with Gasteiger partial charge in [0.15, 0.2) is 0 Å². The molecule has 2 N–H and O–H groups in total. The average Bonchev–Trinajstić information content (AvgIpc) is 2.91. The Morgan fingerprint density at radius 1 is 1.24 bits per heavy atom. The minimum atomic E-state index is 0.204. The molecule has 21 heavy (non-hydrogen) atoms. The van der Waals surface area contributed by atoms with Gasteiger partial charge in [-0.2, -0.15) is 0 Å². The van der Waals surface area contributed by atoms with Crippen LogP contribution in [0.1, 0.15) is 18.9 Å². The molecule has 1 unspecified atom stereocenters. The fourth-order valence-electron chi connectivity index (χ4n) is 2.34. The van der Waals surface area contributed by atoms with E-state index in [9.17, 15) is 0 Å². The van der Waals surface area contributed by atoms with E-state index < -0.39 is 0 Å². The van der Waals surface area contributed by atoms with Crippen molar-refractivity contribution < 1.29 is 0 Å². The third-order valence-corrected chi connectivity index (χ3v) is 4.25. The van der Waals surface area contributed by atoms with Crippen LogP contribution < -0.4 is 5.73 Å². The molecule has 1 atom stereocenters. The number of aromatic nitrogens is 3. The van der Waals surface area contributed by atoms with Gasteiger partial charge >= 0.3 is 0 Å². The number of benzene rings is 2. The van der Waals surface area contributed by atoms with Gasteiger partial charge in [0.2, 0.25) is 0 Å². The Balaban J connectivity index is 1.99. The summed E-state index contributed by atoms with van der Waals surface area (Å²) in [4.78, 5) is 0. The lowest BCUT2D eigenvalue weighted by Crippen LogP contribution is -2.21. The molecule has 1 aromatic heterocycles. The number of rotatable bonds is 4. The molecule has 3 rings (SSSR count). The number of halogens is 1. The number of nitrogens with zero attached hydrogens (tertiary/aromatic N) is 3. The van der Waals surface area contributed by atoms with Crippen LogP contribution >= 0.6 is 15.9 Å². The van der Waals surface area contributed by atoms with Crippen LogP contribution in [-0.2, 0) is 6.42 Å². The van der Waals surface area contributed by atoms with E-state index in [0.29, 0.717) is 0 Å². The second-order valence-corrected chi connectivity index (χ2v) is 6.00. The predicted octanol–water partition coefficient (Wildman–Crippen LogP) is 3.46. The number of para-hydroxylation sites is 1. The molecule has 0 radical (unpaired) electrons. The molecule has 0 amide bonds. The summed E-state index contributed by atoms with van der Waals surface area (Å²) in [7, 11) is 0. The van der Waals surface area contributed by atoms with E-state index >= 15 is 0 Å². The summed E-state index contributed by atoms with van der Waals surface area (Å²) < 4.78 is 2.85. The highest BCUT2D eigenvalue weighted by Gasteiger charge is 2.10.